The first kappa shape index (κ1) is 11.0. The Morgan fingerprint density at radius 3 is 1.92 bits per heavy atom. The summed E-state index contributed by atoms with van der Waals surface area (Å²) in [6.07, 6.45) is 2.80. The van der Waals surface area contributed by atoms with Gasteiger partial charge in [-0.05, 0) is 37.5 Å². The van der Waals surface area contributed by atoms with Crippen molar-refractivity contribution in [1.82, 2.24) is 5.32 Å². The molecular formula is C12H25N. The van der Waals surface area contributed by atoms with Gasteiger partial charge in [-0.1, -0.05) is 27.7 Å². The SMILES string of the molecule is CC(C)C1CC(NC(C)C(C)C)C1. The molecule has 13 heavy (non-hydrogen) atoms. The molecule has 1 unspecified atom stereocenters. The van der Waals surface area contributed by atoms with Crippen molar-refractivity contribution in [3.8, 4) is 0 Å². The second-order valence-electron chi connectivity index (χ2n) is 5.37. The van der Waals surface area contributed by atoms with E-state index in [1.165, 1.54) is 12.8 Å². The molecule has 0 bridgehead atoms. The molecular weight excluding hydrogens is 158 g/mol. The van der Waals surface area contributed by atoms with Gasteiger partial charge in [0.1, 0.15) is 0 Å². The van der Waals surface area contributed by atoms with Crippen LogP contribution in [0.1, 0.15) is 47.5 Å². The monoisotopic (exact) mass is 183 g/mol. The maximum absolute atomic E-state index is 3.70. The molecule has 1 aliphatic rings. The Balaban J connectivity index is 2.14. The first-order chi connectivity index (χ1) is 6.00. The quantitative estimate of drug-likeness (QED) is 0.706. The van der Waals surface area contributed by atoms with Crippen LogP contribution in [-0.2, 0) is 0 Å². The van der Waals surface area contributed by atoms with Crippen LogP contribution in [0.3, 0.4) is 0 Å². The van der Waals surface area contributed by atoms with Gasteiger partial charge in [0.2, 0.25) is 0 Å². The third-order valence-electron chi connectivity index (χ3n) is 3.62. The zero-order valence-electron chi connectivity index (χ0n) is 9.80. The Morgan fingerprint density at radius 2 is 1.54 bits per heavy atom. The van der Waals surface area contributed by atoms with Gasteiger partial charge in [-0.25, -0.2) is 0 Å². The van der Waals surface area contributed by atoms with E-state index in [0.717, 1.165) is 23.8 Å². The van der Waals surface area contributed by atoms with Crippen LogP contribution >= 0.6 is 0 Å². The summed E-state index contributed by atoms with van der Waals surface area (Å²) < 4.78 is 0. The summed E-state index contributed by atoms with van der Waals surface area (Å²) in [6.45, 7) is 11.6. The van der Waals surface area contributed by atoms with Gasteiger partial charge in [0.15, 0.2) is 0 Å². The van der Waals surface area contributed by atoms with E-state index in [4.69, 9.17) is 0 Å². The number of rotatable bonds is 4. The van der Waals surface area contributed by atoms with Gasteiger partial charge >= 0.3 is 0 Å². The van der Waals surface area contributed by atoms with Crippen molar-refractivity contribution in [1.29, 1.82) is 0 Å². The Hall–Kier alpha value is -0.0400. The zero-order valence-corrected chi connectivity index (χ0v) is 9.80. The normalized spacial score (nSPS) is 30.7. The molecule has 0 amide bonds. The second-order valence-corrected chi connectivity index (χ2v) is 5.37. The fourth-order valence-corrected chi connectivity index (χ4v) is 1.91. The molecule has 1 aliphatic carbocycles. The predicted octanol–water partition coefficient (Wildman–Crippen LogP) is 3.06. The molecule has 0 radical (unpaired) electrons. The summed E-state index contributed by atoms with van der Waals surface area (Å²) in [6, 6.07) is 1.49. The highest BCUT2D eigenvalue weighted by Gasteiger charge is 2.31. The third kappa shape index (κ3) is 2.98. The van der Waals surface area contributed by atoms with Crippen LogP contribution in [0.4, 0.5) is 0 Å². The minimum atomic E-state index is 0.679. The van der Waals surface area contributed by atoms with Gasteiger partial charge < -0.3 is 5.32 Å². The number of nitrogens with one attached hydrogen (secondary N) is 1. The minimum Gasteiger partial charge on any atom is -0.311 e. The van der Waals surface area contributed by atoms with Gasteiger partial charge in [0.25, 0.3) is 0 Å². The topological polar surface area (TPSA) is 12.0 Å². The molecule has 0 aliphatic heterocycles. The highest BCUT2D eigenvalue weighted by molar-refractivity contribution is 4.88. The molecule has 0 spiro atoms. The first-order valence-corrected chi connectivity index (χ1v) is 5.76. The second kappa shape index (κ2) is 4.45. The molecule has 1 rings (SSSR count). The Kier molecular flexibility index (Phi) is 3.78. The molecule has 0 saturated heterocycles. The van der Waals surface area contributed by atoms with E-state index in [-0.39, 0.29) is 0 Å². The molecule has 0 aromatic rings. The molecule has 78 valence electrons. The van der Waals surface area contributed by atoms with Crippen LogP contribution in [0.2, 0.25) is 0 Å². The van der Waals surface area contributed by atoms with Gasteiger partial charge in [-0.3, -0.25) is 0 Å². The van der Waals surface area contributed by atoms with Crippen molar-refractivity contribution < 1.29 is 0 Å². The van der Waals surface area contributed by atoms with Crippen LogP contribution in [-0.4, -0.2) is 12.1 Å². The van der Waals surface area contributed by atoms with E-state index in [1.807, 2.05) is 0 Å². The molecule has 1 heteroatoms. The molecule has 0 aromatic heterocycles. The first-order valence-electron chi connectivity index (χ1n) is 5.76. The van der Waals surface area contributed by atoms with Crippen LogP contribution in [0.25, 0.3) is 0 Å². The molecule has 0 heterocycles. The molecule has 1 fully saturated rings. The van der Waals surface area contributed by atoms with Crippen molar-refractivity contribution >= 4 is 0 Å². The van der Waals surface area contributed by atoms with Crippen molar-refractivity contribution in [3.63, 3.8) is 0 Å². The van der Waals surface area contributed by atoms with Crippen LogP contribution in [0.15, 0.2) is 0 Å². The summed E-state index contributed by atoms with van der Waals surface area (Å²) in [5.41, 5.74) is 0. The number of hydrogen-bond donors (Lipinski definition) is 1. The number of hydrogen-bond acceptors (Lipinski definition) is 1. The van der Waals surface area contributed by atoms with Gasteiger partial charge in [0.05, 0.1) is 0 Å². The van der Waals surface area contributed by atoms with Crippen LogP contribution in [0.5, 0.6) is 0 Å². The lowest BCUT2D eigenvalue weighted by atomic mass is 9.73. The van der Waals surface area contributed by atoms with E-state index in [9.17, 15) is 0 Å². The van der Waals surface area contributed by atoms with Gasteiger partial charge in [-0.2, -0.15) is 0 Å². The summed E-state index contributed by atoms with van der Waals surface area (Å²) in [5, 5.41) is 3.70. The minimum absolute atomic E-state index is 0.679. The summed E-state index contributed by atoms with van der Waals surface area (Å²) >= 11 is 0. The highest BCUT2D eigenvalue weighted by Crippen LogP contribution is 2.33. The van der Waals surface area contributed by atoms with Crippen LogP contribution < -0.4 is 5.32 Å². The van der Waals surface area contributed by atoms with E-state index >= 15 is 0 Å². The maximum Gasteiger partial charge on any atom is 0.00751 e. The summed E-state index contributed by atoms with van der Waals surface area (Å²) in [5.74, 6) is 2.63. The predicted molar refractivity (Wildman–Crippen MR) is 58.8 cm³/mol. The molecule has 1 nitrogen and oxygen atoms in total. The van der Waals surface area contributed by atoms with E-state index in [2.05, 4.69) is 39.9 Å². The van der Waals surface area contributed by atoms with Crippen molar-refractivity contribution in [2.75, 3.05) is 0 Å². The standard InChI is InChI=1S/C12H25N/c1-8(2)10(5)13-12-6-11(7-12)9(3)4/h8-13H,6-7H2,1-5H3. The Morgan fingerprint density at radius 1 is 1.00 bits per heavy atom. The Labute approximate surface area is 83.3 Å². The molecule has 1 saturated carbocycles. The largest absolute Gasteiger partial charge is 0.311 e. The van der Waals surface area contributed by atoms with Crippen molar-refractivity contribution in [2.45, 2.75) is 59.5 Å². The lowest BCUT2D eigenvalue weighted by Gasteiger charge is -2.40. The Bertz CT molecular complexity index is 145. The van der Waals surface area contributed by atoms with Gasteiger partial charge in [0, 0.05) is 12.1 Å². The smallest absolute Gasteiger partial charge is 0.00751 e. The molecule has 0 aromatic carbocycles. The van der Waals surface area contributed by atoms with Crippen molar-refractivity contribution in [2.24, 2.45) is 17.8 Å². The third-order valence-corrected chi connectivity index (χ3v) is 3.62. The van der Waals surface area contributed by atoms with E-state index < -0.39 is 0 Å². The lowest BCUT2D eigenvalue weighted by Crippen LogP contribution is -2.48. The van der Waals surface area contributed by atoms with Gasteiger partial charge in [-0.15, -0.1) is 0 Å². The zero-order chi connectivity index (χ0) is 10.0. The van der Waals surface area contributed by atoms with Crippen molar-refractivity contribution in [3.05, 3.63) is 0 Å². The van der Waals surface area contributed by atoms with E-state index in [0.29, 0.717) is 6.04 Å². The fraction of sp³-hybridized carbons (Fsp3) is 1.00. The highest BCUT2D eigenvalue weighted by atomic mass is 15.0. The summed E-state index contributed by atoms with van der Waals surface area (Å²) in [7, 11) is 0. The molecule has 1 atom stereocenters. The molecule has 1 N–H and O–H groups in total. The average molecular weight is 183 g/mol. The van der Waals surface area contributed by atoms with E-state index in [1.54, 1.807) is 0 Å². The fourth-order valence-electron chi connectivity index (χ4n) is 1.91. The van der Waals surface area contributed by atoms with Crippen LogP contribution in [0, 0.1) is 17.8 Å². The average Bonchev–Trinajstić information content (AvgIpc) is 1.94. The maximum atomic E-state index is 3.70. The lowest BCUT2D eigenvalue weighted by molar-refractivity contribution is 0.151. The summed E-state index contributed by atoms with van der Waals surface area (Å²) in [4.78, 5) is 0.